The van der Waals surface area contributed by atoms with Gasteiger partial charge in [0.15, 0.2) is 5.78 Å². The Morgan fingerprint density at radius 3 is 2.16 bits per heavy atom. The van der Waals surface area contributed by atoms with E-state index in [2.05, 4.69) is 26.6 Å². The van der Waals surface area contributed by atoms with Crippen LogP contribution in [0.1, 0.15) is 24.2 Å². The summed E-state index contributed by atoms with van der Waals surface area (Å²) in [5, 5.41) is 5.38. The summed E-state index contributed by atoms with van der Waals surface area (Å²) in [7, 11) is 0. The number of ketones is 1. The van der Waals surface area contributed by atoms with Gasteiger partial charge in [0, 0.05) is 27.4 Å². The molecule has 0 aromatic heterocycles. The van der Waals surface area contributed by atoms with E-state index in [0.717, 1.165) is 4.47 Å². The van der Waals surface area contributed by atoms with E-state index in [1.807, 2.05) is 12.1 Å². The van der Waals surface area contributed by atoms with Crippen molar-refractivity contribution in [2.24, 2.45) is 0 Å². The topological polar surface area (TPSA) is 75.3 Å². The van der Waals surface area contributed by atoms with Crippen molar-refractivity contribution < 1.29 is 14.4 Å². The maximum absolute atomic E-state index is 12.2. The normalized spacial score (nSPS) is 10.9. The van der Waals surface area contributed by atoms with E-state index in [1.165, 1.54) is 13.0 Å². The van der Waals surface area contributed by atoms with Crippen LogP contribution in [0, 0.1) is 0 Å². The van der Waals surface area contributed by atoms with Crippen LogP contribution in [0.15, 0.2) is 64.7 Å². The van der Waals surface area contributed by atoms with Gasteiger partial charge in [0.25, 0.3) is 5.91 Å². The summed E-state index contributed by atoms with van der Waals surface area (Å²) < 4.78 is 0.754. The van der Waals surface area contributed by atoms with E-state index in [0.29, 0.717) is 16.9 Å². The van der Waals surface area contributed by atoms with Gasteiger partial charge >= 0.3 is 0 Å². The highest BCUT2D eigenvalue weighted by Crippen LogP contribution is 2.21. The minimum absolute atomic E-state index is 0.0438. The van der Waals surface area contributed by atoms with E-state index in [9.17, 15) is 14.4 Å². The second-order valence-corrected chi connectivity index (χ2v) is 6.24. The highest BCUT2D eigenvalue weighted by molar-refractivity contribution is 9.10. The van der Waals surface area contributed by atoms with E-state index in [1.54, 1.807) is 43.3 Å². The number of nitrogens with one attached hydrogen (secondary N) is 2. The Morgan fingerprint density at radius 1 is 0.920 bits per heavy atom. The quantitative estimate of drug-likeness (QED) is 0.583. The maximum Gasteiger partial charge on any atom is 0.251 e. The average Bonchev–Trinajstić information content (AvgIpc) is 2.57. The van der Waals surface area contributed by atoms with Crippen molar-refractivity contribution in [2.75, 3.05) is 10.6 Å². The fourth-order valence-corrected chi connectivity index (χ4v) is 2.40. The van der Waals surface area contributed by atoms with E-state index in [4.69, 9.17) is 0 Å². The van der Waals surface area contributed by atoms with Gasteiger partial charge in [0.1, 0.15) is 0 Å². The fourth-order valence-electron chi connectivity index (χ4n) is 2.01. The summed E-state index contributed by atoms with van der Waals surface area (Å²) in [6, 6.07) is 13.8. The Bertz CT molecular complexity index is 842. The number of carbonyl (C=O) groups excluding carboxylic acids is 3. The molecular weight excluding hydrogens is 384 g/mol. The first-order chi connectivity index (χ1) is 11.9. The smallest absolute Gasteiger partial charge is 0.251 e. The summed E-state index contributed by atoms with van der Waals surface area (Å²) in [6.07, 6.45) is 1.23. The summed E-state index contributed by atoms with van der Waals surface area (Å²) in [4.78, 5) is 35.4. The largest absolute Gasteiger partial charge is 0.322 e. The second-order valence-electron chi connectivity index (χ2n) is 5.38. The van der Waals surface area contributed by atoms with Gasteiger partial charge < -0.3 is 10.6 Å². The van der Waals surface area contributed by atoms with Gasteiger partial charge in [0.2, 0.25) is 5.91 Å². The molecule has 5 nitrogen and oxygen atoms in total. The maximum atomic E-state index is 12.2. The molecule has 2 N–H and O–H groups in total. The molecule has 128 valence electrons. The van der Waals surface area contributed by atoms with Crippen LogP contribution < -0.4 is 10.6 Å². The van der Waals surface area contributed by atoms with Crippen LogP contribution >= 0.6 is 15.9 Å². The number of rotatable bonds is 5. The van der Waals surface area contributed by atoms with Crippen molar-refractivity contribution in [2.45, 2.75) is 13.8 Å². The molecule has 0 heterocycles. The Morgan fingerprint density at radius 2 is 1.56 bits per heavy atom. The first-order valence-electron chi connectivity index (χ1n) is 7.53. The van der Waals surface area contributed by atoms with E-state index in [-0.39, 0.29) is 11.4 Å². The molecule has 2 rings (SSSR count). The van der Waals surface area contributed by atoms with Gasteiger partial charge in [-0.05, 0) is 66.2 Å². The molecule has 2 aromatic rings. The SMILES string of the molecule is CC(=O)c1ccc(NC(=O)/C(C)=C\C(=O)Nc2ccccc2Br)cc1. The molecule has 2 aromatic carbocycles. The molecule has 0 atom stereocenters. The molecule has 0 saturated heterocycles. The third-order valence-corrected chi connectivity index (χ3v) is 4.08. The van der Waals surface area contributed by atoms with E-state index >= 15 is 0 Å². The van der Waals surface area contributed by atoms with Crippen molar-refractivity contribution in [1.82, 2.24) is 0 Å². The van der Waals surface area contributed by atoms with Gasteiger partial charge in [0.05, 0.1) is 5.69 Å². The molecule has 0 bridgehead atoms. The lowest BCUT2D eigenvalue weighted by atomic mass is 10.1. The summed E-state index contributed by atoms with van der Waals surface area (Å²) in [5.74, 6) is -0.831. The molecule has 0 aliphatic rings. The predicted molar refractivity (Wildman–Crippen MR) is 102 cm³/mol. The molecule has 0 saturated carbocycles. The van der Waals surface area contributed by atoms with Crippen molar-refractivity contribution in [3.63, 3.8) is 0 Å². The van der Waals surface area contributed by atoms with Gasteiger partial charge in [-0.2, -0.15) is 0 Å². The van der Waals surface area contributed by atoms with Crippen LogP contribution in [0.2, 0.25) is 0 Å². The number of halogens is 1. The molecular formula is C19H17BrN2O3. The molecule has 6 heteroatoms. The third-order valence-electron chi connectivity index (χ3n) is 3.39. The third kappa shape index (κ3) is 5.39. The van der Waals surface area contributed by atoms with Crippen LogP contribution in [-0.4, -0.2) is 17.6 Å². The van der Waals surface area contributed by atoms with Crippen molar-refractivity contribution in [3.05, 3.63) is 70.2 Å². The standard InChI is InChI=1S/C19H17BrN2O3/c1-12(11-18(24)22-17-6-4-3-5-16(17)20)19(25)21-15-9-7-14(8-10-15)13(2)23/h3-11H,1-2H3,(H,21,25)(H,22,24)/b12-11-. The number of carbonyl (C=O) groups is 3. The Kier molecular flexibility index (Phi) is 6.25. The molecule has 0 unspecified atom stereocenters. The number of amides is 2. The van der Waals surface area contributed by atoms with Crippen molar-refractivity contribution in [1.29, 1.82) is 0 Å². The fraction of sp³-hybridized carbons (Fsp3) is 0.105. The lowest BCUT2D eigenvalue weighted by Gasteiger charge is -2.07. The molecule has 0 radical (unpaired) electrons. The van der Waals surface area contributed by atoms with Crippen LogP contribution in [0.5, 0.6) is 0 Å². The molecule has 2 amide bonds. The van der Waals surface area contributed by atoms with Gasteiger partial charge in [-0.15, -0.1) is 0 Å². The molecule has 25 heavy (non-hydrogen) atoms. The predicted octanol–water partition coefficient (Wildman–Crippen LogP) is 4.18. The average molecular weight is 401 g/mol. The lowest BCUT2D eigenvalue weighted by molar-refractivity contribution is -0.114. The summed E-state index contributed by atoms with van der Waals surface area (Å²) in [6.45, 7) is 3.03. The lowest BCUT2D eigenvalue weighted by Crippen LogP contribution is -2.16. The Hall–Kier alpha value is -2.73. The van der Waals surface area contributed by atoms with Gasteiger partial charge in [-0.3, -0.25) is 14.4 Å². The minimum atomic E-state index is -0.397. The first kappa shape index (κ1) is 18.6. The molecule has 0 fully saturated rings. The zero-order chi connectivity index (χ0) is 18.4. The first-order valence-corrected chi connectivity index (χ1v) is 8.32. The van der Waals surface area contributed by atoms with Gasteiger partial charge in [-0.25, -0.2) is 0 Å². The number of para-hydroxylation sites is 1. The second kappa shape index (κ2) is 8.39. The molecule has 0 aliphatic heterocycles. The highest BCUT2D eigenvalue weighted by Gasteiger charge is 2.09. The van der Waals surface area contributed by atoms with Crippen molar-refractivity contribution >= 4 is 44.9 Å². The van der Waals surface area contributed by atoms with Crippen LogP contribution in [0.25, 0.3) is 0 Å². The molecule has 0 spiro atoms. The van der Waals surface area contributed by atoms with Crippen LogP contribution in [0.4, 0.5) is 11.4 Å². The summed E-state index contributed by atoms with van der Waals surface area (Å²) in [5.41, 5.74) is 2.00. The van der Waals surface area contributed by atoms with Gasteiger partial charge in [-0.1, -0.05) is 12.1 Å². The summed E-state index contributed by atoms with van der Waals surface area (Å²) >= 11 is 3.34. The van der Waals surface area contributed by atoms with Crippen LogP contribution in [-0.2, 0) is 9.59 Å². The zero-order valence-corrected chi connectivity index (χ0v) is 15.4. The Balaban J connectivity index is 2.00. The monoisotopic (exact) mass is 400 g/mol. The number of hydrogen-bond acceptors (Lipinski definition) is 3. The number of hydrogen-bond donors (Lipinski definition) is 2. The Labute approximate surface area is 154 Å². The zero-order valence-electron chi connectivity index (χ0n) is 13.8. The highest BCUT2D eigenvalue weighted by atomic mass is 79.9. The van der Waals surface area contributed by atoms with Crippen LogP contribution in [0.3, 0.4) is 0 Å². The minimum Gasteiger partial charge on any atom is -0.322 e. The van der Waals surface area contributed by atoms with E-state index < -0.39 is 11.8 Å². The number of benzene rings is 2. The molecule has 0 aliphatic carbocycles. The number of anilines is 2. The van der Waals surface area contributed by atoms with Crippen molar-refractivity contribution in [3.8, 4) is 0 Å². The number of Topliss-reactive ketones (excluding diaryl/α,β-unsaturated/α-hetero) is 1.